The maximum atomic E-state index is 9.11. The van der Waals surface area contributed by atoms with E-state index in [1.165, 1.54) is 5.56 Å². The van der Waals surface area contributed by atoms with Gasteiger partial charge < -0.3 is 10.4 Å². The Labute approximate surface area is 137 Å². The van der Waals surface area contributed by atoms with E-state index in [9.17, 15) is 0 Å². The first-order valence-corrected chi connectivity index (χ1v) is 8.14. The predicted octanol–water partition coefficient (Wildman–Crippen LogP) is 3.24. The van der Waals surface area contributed by atoms with Crippen LogP contribution in [0, 0.1) is 0 Å². The molecule has 0 amide bonds. The summed E-state index contributed by atoms with van der Waals surface area (Å²) in [5.74, 6) is 0. The third kappa shape index (κ3) is 4.09. The van der Waals surface area contributed by atoms with E-state index >= 15 is 0 Å². The molecule has 2 rings (SSSR count). The maximum absolute atomic E-state index is 9.11. The molecule has 0 bridgehead atoms. The molecule has 0 aliphatic rings. The first-order valence-electron chi connectivity index (χ1n) is 7.76. The van der Waals surface area contributed by atoms with E-state index in [2.05, 4.69) is 29.5 Å². The van der Waals surface area contributed by atoms with Crippen molar-refractivity contribution in [1.82, 2.24) is 15.1 Å². The van der Waals surface area contributed by atoms with Crippen LogP contribution in [0.15, 0.2) is 30.3 Å². The number of aliphatic hydroxyl groups excluding tert-OH is 1. The molecule has 22 heavy (non-hydrogen) atoms. The van der Waals surface area contributed by atoms with Crippen LogP contribution in [0.2, 0.25) is 5.15 Å². The lowest BCUT2D eigenvalue weighted by molar-refractivity contribution is 0.275. The summed E-state index contributed by atoms with van der Waals surface area (Å²) in [5, 5.41) is 17.8. The molecule has 5 heteroatoms. The SMILES string of the molecule is CCc1nn(C)c(Cl)c1CNC(CCCO)c1ccccc1. The van der Waals surface area contributed by atoms with Gasteiger partial charge in [0.25, 0.3) is 0 Å². The van der Waals surface area contributed by atoms with Gasteiger partial charge in [0.05, 0.1) is 5.69 Å². The van der Waals surface area contributed by atoms with Gasteiger partial charge in [-0.2, -0.15) is 5.10 Å². The highest BCUT2D eigenvalue weighted by atomic mass is 35.5. The van der Waals surface area contributed by atoms with Crippen LogP contribution >= 0.6 is 11.6 Å². The van der Waals surface area contributed by atoms with E-state index in [1.807, 2.05) is 25.2 Å². The Hall–Kier alpha value is -1.36. The smallest absolute Gasteiger partial charge is 0.131 e. The topological polar surface area (TPSA) is 50.1 Å². The second-order valence-corrected chi connectivity index (χ2v) is 5.76. The molecule has 2 aromatic rings. The zero-order chi connectivity index (χ0) is 15.9. The van der Waals surface area contributed by atoms with Gasteiger partial charge in [-0.25, -0.2) is 0 Å². The molecule has 0 aliphatic carbocycles. The molecule has 1 aromatic carbocycles. The van der Waals surface area contributed by atoms with Crippen molar-refractivity contribution >= 4 is 11.6 Å². The van der Waals surface area contributed by atoms with Gasteiger partial charge in [0.2, 0.25) is 0 Å². The fourth-order valence-corrected chi connectivity index (χ4v) is 2.87. The molecule has 1 heterocycles. The van der Waals surface area contributed by atoms with Crippen LogP contribution in [0.5, 0.6) is 0 Å². The number of rotatable bonds is 8. The summed E-state index contributed by atoms with van der Waals surface area (Å²) in [6.07, 6.45) is 2.53. The molecule has 1 unspecified atom stereocenters. The highest BCUT2D eigenvalue weighted by Gasteiger charge is 2.16. The molecule has 0 fully saturated rings. The zero-order valence-electron chi connectivity index (χ0n) is 13.2. The number of aliphatic hydroxyl groups is 1. The minimum Gasteiger partial charge on any atom is -0.396 e. The van der Waals surface area contributed by atoms with E-state index in [4.69, 9.17) is 16.7 Å². The number of aromatic nitrogens is 2. The molecule has 4 nitrogen and oxygen atoms in total. The van der Waals surface area contributed by atoms with Crippen molar-refractivity contribution in [3.63, 3.8) is 0 Å². The van der Waals surface area contributed by atoms with E-state index in [-0.39, 0.29) is 12.6 Å². The number of halogens is 1. The summed E-state index contributed by atoms with van der Waals surface area (Å²) >= 11 is 6.35. The number of benzene rings is 1. The zero-order valence-corrected chi connectivity index (χ0v) is 14.0. The minimum atomic E-state index is 0.203. The van der Waals surface area contributed by atoms with Crippen molar-refractivity contribution < 1.29 is 5.11 Å². The number of nitrogens with zero attached hydrogens (tertiary/aromatic N) is 2. The molecule has 2 N–H and O–H groups in total. The van der Waals surface area contributed by atoms with E-state index in [0.717, 1.165) is 30.5 Å². The summed E-state index contributed by atoms with van der Waals surface area (Å²) < 4.78 is 1.72. The van der Waals surface area contributed by atoms with Gasteiger partial charge >= 0.3 is 0 Å². The number of hydrogen-bond acceptors (Lipinski definition) is 3. The lowest BCUT2D eigenvalue weighted by atomic mass is 10.0. The van der Waals surface area contributed by atoms with E-state index < -0.39 is 0 Å². The van der Waals surface area contributed by atoms with Gasteiger partial charge in [0, 0.05) is 31.8 Å². The van der Waals surface area contributed by atoms with E-state index in [1.54, 1.807) is 4.68 Å². The first kappa shape index (κ1) is 17.0. The highest BCUT2D eigenvalue weighted by Crippen LogP contribution is 2.23. The number of aryl methyl sites for hydroxylation is 2. The normalized spacial score (nSPS) is 12.5. The molecule has 0 saturated carbocycles. The Balaban J connectivity index is 2.11. The maximum Gasteiger partial charge on any atom is 0.131 e. The van der Waals surface area contributed by atoms with Crippen LogP contribution in [0.4, 0.5) is 0 Å². The third-order valence-corrected chi connectivity index (χ3v) is 4.34. The van der Waals surface area contributed by atoms with Crippen molar-refractivity contribution in [2.45, 2.75) is 38.8 Å². The van der Waals surface area contributed by atoms with Gasteiger partial charge in [-0.1, -0.05) is 48.9 Å². The average molecular weight is 322 g/mol. The Morgan fingerprint density at radius 1 is 1.32 bits per heavy atom. The fraction of sp³-hybridized carbons (Fsp3) is 0.471. The molecule has 0 spiro atoms. The fourth-order valence-electron chi connectivity index (χ4n) is 2.65. The second kappa shape index (κ2) is 8.32. The molecule has 0 saturated heterocycles. The Kier molecular flexibility index (Phi) is 6.43. The average Bonchev–Trinajstić information content (AvgIpc) is 2.83. The number of nitrogens with one attached hydrogen (secondary N) is 1. The summed E-state index contributed by atoms with van der Waals surface area (Å²) in [5.41, 5.74) is 3.33. The lowest BCUT2D eigenvalue weighted by Gasteiger charge is -2.19. The molecule has 0 aliphatic heterocycles. The highest BCUT2D eigenvalue weighted by molar-refractivity contribution is 6.30. The molecule has 0 radical (unpaired) electrons. The van der Waals surface area contributed by atoms with Crippen LogP contribution in [0.3, 0.4) is 0 Å². The van der Waals surface area contributed by atoms with Gasteiger partial charge in [-0.3, -0.25) is 4.68 Å². The van der Waals surface area contributed by atoms with Gasteiger partial charge in [-0.15, -0.1) is 0 Å². The largest absolute Gasteiger partial charge is 0.396 e. The molecule has 1 aromatic heterocycles. The van der Waals surface area contributed by atoms with E-state index in [0.29, 0.717) is 11.7 Å². The van der Waals surface area contributed by atoms with Crippen LogP contribution in [-0.4, -0.2) is 21.5 Å². The summed E-state index contributed by atoms with van der Waals surface area (Å²) in [6, 6.07) is 10.5. The quantitative estimate of drug-likeness (QED) is 0.784. The number of hydrogen-bond donors (Lipinski definition) is 2. The van der Waals surface area contributed by atoms with Crippen LogP contribution in [0.25, 0.3) is 0 Å². The Bertz CT molecular complexity index is 583. The Morgan fingerprint density at radius 2 is 2.05 bits per heavy atom. The summed E-state index contributed by atoms with van der Waals surface area (Å²) in [6.45, 7) is 2.97. The van der Waals surface area contributed by atoms with Crippen LogP contribution in [-0.2, 0) is 20.0 Å². The lowest BCUT2D eigenvalue weighted by Crippen LogP contribution is -2.22. The monoisotopic (exact) mass is 321 g/mol. The van der Waals surface area contributed by atoms with Gasteiger partial charge in [-0.05, 0) is 24.8 Å². The molecule has 1 atom stereocenters. The van der Waals surface area contributed by atoms with Gasteiger partial charge in [0.15, 0.2) is 0 Å². The molecule has 120 valence electrons. The van der Waals surface area contributed by atoms with Crippen molar-refractivity contribution in [2.24, 2.45) is 7.05 Å². The summed E-state index contributed by atoms with van der Waals surface area (Å²) in [4.78, 5) is 0. The third-order valence-electron chi connectivity index (χ3n) is 3.87. The van der Waals surface area contributed by atoms with Crippen molar-refractivity contribution in [2.75, 3.05) is 6.61 Å². The van der Waals surface area contributed by atoms with Crippen molar-refractivity contribution in [1.29, 1.82) is 0 Å². The van der Waals surface area contributed by atoms with Crippen molar-refractivity contribution in [3.8, 4) is 0 Å². The molecular formula is C17H24ClN3O. The van der Waals surface area contributed by atoms with Crippen LogP contribution < -0.4 is 5.32 Å². The predicted molar refractivity (Wildman–Crippen MR) is 89.9 cm³/mol. The first-order chi connectivity index (χ1) is 10.7. The Morgan fingerprint density at radius 3 is 2.68 bits per heavy atom. The van der Waals surface area contributed by atoms with Gasteiger partial charge in [0.1, 0.15) is 5.15 Å². The van der Waals surface area contributed by atoms with Crippen molar-refractivity contribution in [3.05, 3.63) is 52.3 Å². The minimum absolute atomic E-state index is 0.203. The summed E-state index contributed by atoms with van der Waals surface area (Å²) in [7, 11) is 1.87. The molecular weight excluding hydrogens is 298 g/mol. The van der Waals surface area contributed by atoms with Crippen LogP contribution in [0.1, 0.15) is 42.6 Å². The second-order valence-electron chi connectivity index (χ2n) is 5.40. The standard InChI is InChI=1S/C17H24ClN3O/c1-3-15-14(17(18)21(2)20-15)12-19-16(10-7-11-22)13-8-5-4-6-9-13/h4-6,8-9,16,19,22H,3,7,10-12H2,1-2H3.